The highest BCUT2D eigenvalue weighted by atomic mass is 16.5. The van der Waals surface area contributed by atoms with Gasteiger partial charge in [0, 0.05) is 47.3 Å². The molecule has 13 nitrogen and oxygen atoms in total. The second-order valence-electron chi connectivity index (χ2n) is 7.49. The van der Waals surface area contributed by atoms with Crippen LogP contribution in [0.3, 0.4) is 0 Å². The minimum atomic E-state index is -1.08. The second-order valence-corrected chi connectivity index (χ2v) is 7.49. The van der Waals surface area contributed by atoms with E-state index in [1.54, 1.807) is 7.05 Å². The Bertz CT molecular complexity index is 757. The van der Waals surface area contributed by atoms with Crippen molar-refractivity contribution in [3.05, 3.63) is 12.7 Å². The standard InChI is InChI=1S/C21H35N5O8/c1-6-18(29)26(10-8-20(31)32)9-7-16(27)23-15(2)21(33)25(4)14-17(28)22-13-19(30)24(3)11-12-34-5/h6,15H,1,7-14H2,2-5H3,(H,22,28)(H,23,27)(H,31,32). The summed E-state index contributed by atoms with van der Waals surface area (Å²) >= 11 is 0. The van der Waals surface area contributed by atoms with Crippen LogP contribution in [0.2, 0.25) is 0 Å². The van der Waals surface area contributed by atoms with Crippen molar-refractivity contribution in [2.45, 2.75) is 25.8 Å². The van der Waals surface area contributed by atoms with Crippen molar-refractivity contribution in [3.63, 3.8) is 0 Å². The fourth-order valence-electron chi connectivity index (χ4n) is 2.65. The number of hydrogen-bond acceptors (Lipinski definition) is 7. The van der Waals surface area contributed by atoms with Gasteiger partial charge < -0.3 is 35.2 Å². The van der Waals surface area contributed by atoms with Gasteiger partial charge in [-0.2, -0.15) is 0 Å². The minimum Gasteiger partial charge on any atom is -0.481 e. The summed E-state index contributed by atoms with van der Waals surface area (Å²) in [6, 6.07) is -0.949. The van der Waals surface area contributed by atoms with Crippen molar-refractivity contribution in [2.24, 2.45) is 0 Å². The molecule has 0 aromatic rings. The molecule has 0 heterocycles. The third-order valence-electron chi connectivity index (χ3n) is 4.69. The van der Waals surface area contributed by atoms with Gasteiger partial charge in [0.1, 0.15) is 6.04 Å². The van der Waals surface area contributed by atoms with E-state index in [1.165, 1.54) is 30.9 Å². The van der Waals surface area contributed by atoms with Crippen LogP contribution in [-0.4, -0.2) is 122 Å². The number of carboxylic acid groups (broad SMARTS) is 1. The van der Waals surface area contributed by atoms with Gasteiger partial charge in [-0.15, -0.1) is 0 Å². The second kappa shape index (κ2) is 16.2. The topological polar surface area (TPSA) is 166 Å². The number of aliphatic carboxylic acids is 1. The van der Waals surface area contributed by atoms with E-state index in [4.69, 9.17) is 9.84 Å². The zero-order valence-electron chi connectivity index (χ0n) is 20.2. The number of rotatable bonds is 16. The fraction of sp³-hybridized carbons (Fsp3) is 0.619. The highest BCUT2D eigenvalue weighted by Gasteiger charge is 2.22. The Labute approximate surface area is 199 Å². The largest absolute Gasteiger partial charge is 0.481 e. The molecule has 0 bridgehead atoms. The lowest BCUT2D eigenvalue weighted by molar-refractivity contribution is -0.139. The summed E-state index contributed by atoms with van der Waals surface area (Å²) in [5.41, 5.74) is 0. The molecule has 34 heavy (non-hydrogen) atoms. The predicted octanol–water partition coefficient (Wildman–Crippen LogP) is -1.95. The molecular weight excluding hydrogens is 450 g/mol. The molecule has 0 aliphatic carbocycles. The summed E-state index contributed by atoms with van der Waals surface area (Å²) in [6.45, 7) is 4.86. The Kier molecular flexibility index (Phi) is 14.5. The van der Waals surface area contributed by atoms with Crippen LogP contribution in [0.5, 0.6) is 0 Å². The summed E-state index contributed by atoms with van der Waals surface area (Å²) in [6.07, 6.45) is 0.592. The van der Waals surface area contributed by atoms with Crippen molar-refractivity contribution >= 4 is 35.5 Å². The van der Waals surface area contributed by atoms with Crippen LogP contribution in [0.4, 0.5) is 0 Å². The van der Waals surface area contributed by atoms with Gasteiger partial charge in [0.2, 0.25) is 29.5 Å². The summed E-state index contributed by atoms with van der Waals surface area (Å²) in [7, 11) is 4.47. The van der Waals surface area contributed by atoms with Crippen molar-refractivity contribution in [3.8, 4) is 0 Å². The first-order chi connectivity index (χ1) is 15.9. The Morgan fingerprint density at radius 1 is 1.00 bits per heavy atom. The van der Waals surface area contributed by atoms with Crippen molar-refractivity contribution in [1.29, 1.82) is 0 Å². The first kappa shape index (κ1) is 30.5. The molecule has 0 saturated carbocycles. The lowest BCUT2D eigenvalue weighted by Crippen LogP contribution is -2.49. The Balaban J connectivity index is 4.54. The zero-order valence-corrected chi connectivity index (χ0v) is 20.2. The number of amides is 5. The van der Waals surface area contributed by atoms with E-state index in [-0.39, 0.29) is 44.9 Å². The first-order valence-corrected chi connectivity index (χ1v) is 10.6. The van der Waals surface area contributed by atoms with Gasteiger partial charge in [0.15, 0.2) is 0 Å². The number of carboxylic acids is 1. The average molecular weight is 486 g/mol. The normalized spacial score (nSPS) is 11.1. The number of carbonyl (C=O) groups excluding carboxylic acids is 5. The molecule has 0 aliphatic rings. The Morgan fingerprint density at radius 3 is 2.18 bits per heavy atom. The number of hydrogen-bond donors (Lipinski definition) is 3. The van der Waals surface area contributed by atoms with E-state index in [9.17, 15) is 28.8 Å². The van der Waals surface area contributed by atoms with E-state index in [0.717, 1.165) is 11.0 Å². The fourth-order valence-corrected chi connectivity index (χ4v) is 2.65. The Morgan fingerprint density at radius 2 is 1.62 bits per heavy atom. The van der Waals surface area contributed by atoms with Crippen LogP contribution in [0.15, 0.2) is 12.7 Å². The highest BCUT2D eigenvalue weighted by molar-refractivity contribution is 5.91. The van der Waals surface area contributed by atoms with Crippen molar-refractivity contribution < 1.29 is 38.6 Å². The van der Waals surface area contributed by atoms with Crippen LogP contribution in [0, 0.1) is 0 Å². The minimum absolute atomic E-state index is 0.0457. The number of ether oxygens (including phenoxy) is 1. The van der Waals surface area contributed by atoms with Gasteiger partial charge in [0.05, 0.1) is 26.1 Å². The molecule has 13 heteroatoms. The maximum Gasteiger partial charge on any atom is 0.305 e. The first-order valence-electron chi connectivity index (χ1n) is 10.6. The molecule has 5 amide bonds. The molecule has 0 fully saturated rings. The lowest BCUT2D eigenvalue weighted by atomic mass is 10.2. The van der Waals surface area contributed by atoms with Crippen LogP contribution in [-0.2, 0) is 33.5 Å². The maximum atomic E-state index is 12.4. The van der Waals surface area contributed by atoms with Crippen molar-refractivity contribution in [2.75, 3.05) is 60.5 Å². The van der Waals surface area contributed by atoms with E-state index in [2.05, 4.69) is 17.2 Å². The van der Waals surface area contributed by atoms with Crippen LogP contribution in [0.1, 0.15) is 19.8 Å². The number of nitrogens with zero attached hydrogens (tertiary/aromatic N) is 3. The summed E-state index contributed by atoms with van der Waals surface area (Å²) < 4.78 is 4.88. The van der Waals surface area contributed by atoms with E-state index in [0.29, 0.717) is 13.2 Å². The summed E-state index contributed by atoms with van der Waals surface area (Å²) in [5, 5.41) is 13.7. The predicted molar refractivity (Wildman–Crippen MR) is 121 cm³/mol. The smallest absolute Gasteiger partial charge is 0.305 e. The number of likely N-dealkylation sites (N-methyl/N-ethyl adjacent to an activating group) is 2. The van der Waals surface area contributed by atoms with E-state index in [1.807, 2.05) is 0 Å². The molecule has 0 saturated heterocycles. The molecule has 0 aromatic heterocycles. The van der Waals surface area contributed by atoms with Gasteiger partial charge in [-0.05, 0) is 13.0 Å². The molecular formula is C21H35N5O8. The molecule has 0 radical (unpaired) electrons. The maximum absolute atomic E-state index is 12.4. The Hall–Kier alpha value is -3.48. The van der Waals surface area contributed by atoms with Gasteiger partial charge in [-0.25, -0.2) is 0 Å². The number of nitrogens with one attached hydrogen (secondary N) is 2. The van der Waals surface area contributed by atoms with Gasteiger partial charge >= 0.3 is 5.97 Å². The van der Waals surface area contributed by atoms with E-state index >= 15 is 0 Å². The van der Waals surface area contributed by atoms with E-state index < -0.39 is 35.6 Å². The zero-order chi connectivity index (χ0) is 26.3. The molecule has 0 rings (SSSR count). The molecule has 3 N–H and O–H groups in total. The monoisotopic (exact) mass is 485 g/mol. The van der Waals surface area contributed by atoms with Gasteiger partial charge in [-0.3, -0.25) is 28.8 Å². The van der Waals surface area contributed by atoms with Gasteiger partial charge in [-0.1, -0.05) is 6.58 Å². The molecule has 0 spiro atoms. The number of carbonyl (C=O) groups is 6. The van der Waals surface area contributed by atoms with Crippen LogP contribution >= 0.6 is 0 Å². The number of methoxy groups -OCH3 is 1. The molecule has 1 unspecified atom stereocenters. The third-order valence-corrected chi connectivity index (χ3v) is 4.69. The molecule has 1 atom stereocenters. The van der Waals surface area contributed by atoms with Crippen molar-refractivity contribution in [1.82, 2.24) is 25.3 Å². The quantitative estimate of drug-likeness (QED) is 0.212. The third kappa shape index (κ3) is 12.5. The molecule has 0 aromatic carbocycles. The lowest BCUT2D eigenvalue weighted by Gasteiger charge is -2.23. The highest BCUT2D eigenvalue weighted by Crippen LogP contribution is 1.99. The molecule has 192 valence electrons. The van der Waals surface area contributed by atoms with Crippen LogP contribution in [0.25, 0.3) is 0 Å². The summed E-state index contributed by atoms with van der Waals surface area (Å²) in [4.78, 5) is 74.8. The SMILES string of the molecule is C=CC(=O)N(CCC(=O)O)CCC(=O)NC(C)C(=O)N(C)CC(=O)NCC(=O)N(C)CCOC. The van der Waals surface area contributed by atoms with Crippen LogP contribution < -0.4 is 10.6 Å². The molecule has 0 aliphatic heterocycles. The average Bonchev–Trinajstić information content (AvgIpc) is 2.79. The summed E-state index contributed by atoms with van der Waals surface area (Å²) in [5.74, 6) is -3.50. The van der Waals surface area contributed by atoms with Gasteiger partial charge in [0.25, 0.3) is 0 Å².